The summed E-state index contributed by atoms with van der Waals surface area (Å²) in [6.45, 7) is 8.01. The van der Waals surface area contributed by atoms with Gasteiger partial charge in [-0.3, -0.25) is 19.0 Å². The Morgan fingerprint density at radius 3 is 2.35 bits per heavy atom. The van der Waals surface area contributed by atoms with Crippen LogP contribution in [0.4, 0.5) is 0 Å². The minimum Gasteiger partial charge on any atom is -0.545 e. The molecule has 3 heterocycles. The third-order valence-electron chi connectivity index (χ3n) is 5.82. The van der Waals surface area contributed by atoms with Crippen molar-refractivity contribution in [3.63, 3.8) is 0 Å². The molecule has 8 nitrogen and oxygen atoms in total. The number of nitrogens with zero attached hydrogens (tertiary/aromatic N) is 3. The van der Waals surface area contributed by atoms with Gasteiger partial charge >= 0.3 is 35.2 Å². The summed E-state index contributed by atoms with van der Waals surface area (Å²) in [6, 6.07) is 9.48. The number of aromatic carboxylic acids is 1. The maximum absolute atomic E-state index is 13.2. The summed E-state index contributed by atoms with van der Waals surface area (Å²) in [6.07, 6.45) is 0. The molecular formula is C24H25N4NaO4S. The van der Waals surface area contributed by atoms with Gasteiger partial charge in [-0.25, -0.2) is 4.79 Å². The van der Waals surface area contributed by atoms with E-state index in [2.05, 4.69) is 10.2 Å². The Morgan fingerprint density at radius 1 is 1.18 bits per heavy atom. The number of benzene rings is 1. The van der Waals surface area contributed by atoms with E-state index in [0.717, 1.165) is 38.4 Å². The minimum absolute atomic E-state index is 0. The van der Waals surface area contributed by atoms with Crippen LogP contribution in [0.1, 0.15) is 57.5 Å². The molecule has 0 saturated carbocycles. The first-order valence-electron chi connectivity index (χ1n) is 10.7. The van der Waals surface area contributed by atoms with Gasteiger partial charge in [-0.15, -0.1) is 11.3 Å². The molecule has 0 amide bonds. The fourth-order valence-corrected chi connectivity index (χ4v) is 5.78. The number of aryl methyl sites for hydroxylation is 2. The Bertz CT molecular complexity index is 1460. The van der Waals surface area contributed by atoms with Crippen LogP contribution >= 0.6 is 11.3 Å². The first-order valence-corrected chi connectivity index (χ1v) is 11.5. The van der Waals surface area contributed by atoms with Crippen LogP contribution in [0.15, 0.2) is 39.9 Å². The zero-order chi connectivity index (χ0) is 24.0. The molecule has 0 bridgehead atoms. The van der Waals surface area contributed by atoms with Crippen molar-refractivity contribution in [1.29, 1.82) is 0 Å². The molecule has 1 unspecified atom stereocenters. The zero-order valence-corrected chi connectivity index (χ0v) is 22.9. The molecule has 0 fully saturated rings. The summed E-state index contributed by atoms with van der Waals surface area (Å²) >= 11 is 1.16. The molecule has 4 aromatic rings. The number of hydrogen-bond acceptors (Lipinski definition) is 6. The summed E-state index contributed by atoms with van der Waals surface area (Å²) in [5.74, 6) is -1.82. The van der Waals surface area contributed by atoms with Crippen molar-refractivity contribution in [2.24, 2.45) is 13.0 Å². The molecule has 3 aromatic heterocycles. The maximum Gasteiger partial charge on any atom is 1.00 e. The van der Waals surface area contributed by atoms with Crippen LogP contribution in [-0.2, 0) is 13.6 Å². The minimum atomic E-state index is -1.44. The summed E-state index contributed by atoms with van der Waals surface area (Å²) < 4.78 is 2.47. The molecule has 0 aliphatic carbocycles. The van der Waals surface area contributed by atoms with Gasteiger partial charge in [-0.2, -0.15) is 5.10 Å². The van der Waals surface area contributed by atoms with Gasteiger partial charge in [0.05, 0.1) is 17.0 Å². The summed E-state index contributed by atoms with van der Waals surface area (Å²) in [5.41, 5.74) is 1.96. The van der Waals surface area contributed by atoms with E-state index in [-0.39, 0.29) is 46.4 Å². The van der Waals surface area contributed by atoms with E-state index in [1.165, 1.54) is 11.6 Å². The van der Waals surface area contributed by atoms with Gasteiger partial charge in [0.25, 0.3) is 5.56 Å². The third-order valence-corrected chi connectivity index (χ3v) is 7.10. The van der Waals surface area contributed by atoms with Gasteiger partial charge in [-0.1, -0.05) is 44.2 Å². The number of nitrogens with one attached hydrogen (secondary N) is 1. The largest absolute Gasteiger partial charge is 1.00 e. The monoisotopic (exact) mass is 488 g/mol. The SMILES string of the molecule is Cc1n[nH]c(C)c1C(c1ccccc1)c1sc2c(c1C(=O)[O-])c(=O)n(C)c(=O)n2CC(C)C.[Na+]. The van der Waals surface area contributed by atoms with Crippen LogP contribution in [0, 0.1) is 19.8 Å². The number of carboxylic acid groups (broad SMARTS) is 1. The van der Waals surface area contributed by atoms with Crippen LogP contribution in [0.2, 0.25) is 0 Å². The molecule has 1 N–H and O–H groups in total. The molecule has 1 atom stereocenters. The van der Waals surface area contributed by atoms with E-state index < -0.39 is 23.1 Å². The molecule has 0 aliphatic rings. The topological polar surface area (TPSA) is 113 Å². The standard InChI is InChI=1S/C24H26N4O4S.Na/c1-12(2)11-28-22-19(21(29)27(5)24(28)32)18(23(30)31)20(33-22)17(15-9-7-6-8-10-15)16-13(3)25-26-14(16)4;/h6-10,12,17H,11H2,1-5H3,(H,25,26)(H,30,31);/q;+1/p-1. The van der Waals surface area contributed by atoms with Crippen molar-refractivity contribution in [2.45, 2.75) is 40.2 Å². The molecule has 0 spiro atoms. The Hall–Kier alpha value is -2.46. The van der Waals surface area contributed by atoms with Gasteiger partial charge < -0.3 is 9.90 Å². The molecule has 0 radical (unpaired) electrons. The number of fused-ring (bicyclic) bond motifs is 1. The maximum atomic E-state index is 13.2. The number of aromatic amines is 1. The summed E-state index contributed by atoms with van der Waals surface area (Å²) in [7, 11) is 1.37. The zero-order valence-electron chi connectivity index (χ0n) is 20.1. The van der Waals surface area contributed by atoms with Crippen molar-refractivity contribution in [3.05, 3.63) is 84.1 Å². The predicted octanol–water partition coefficient (Wildman–Crippen LogP) is -0.695. The molecule has 1 aromatic carbocycles. The molecule has 172 valence electrons. The molecule has 4 rings (SSSR count). The Kier molecular flexibility index (Phi) is 7.72. The first-order chi connectivity index (χ1) is 15.6. The fraction of sp³-hybridized carbons (Fsp3) is 0.333. The average Bonchev–Trinajstić information content (AvgIpc) is 3.32. The number of carbonyl (C=O) groups excluding carboxylic acids is 1. The van der Waals surface area contributed by atoms with Gasteiger partial charge in [-0.05, 0) is 25.3 Å². The number of aromatic nitrogens is 4. The number of thiophene rings is 1. The van der Waals surface area contributed by atoms with Crippen LogP contribution in [-0.4, -0.2) is 25.3 Å². The molecule has 10 heteroatoms. The van der Waals surface area contributed by atoms with E-state index in [0.29, 0.717) is 16.3 Å². The number of carboxylic acids is 1. The van der Waals surface area contributed by atoms with Crippen molar-refractivity contribution in [3.8, 4) is 0 Å². The van der Waals surface area contributed by atoms with E-state index in [1.54, 1.807) is 0 Å². The predicted molar refractivity (Wildman–Crippen MR) is 126 cm³/mol. The fourth-order valence-electron chi connectivity index (χ4n) is 4.36. The molecule has 34 heavy (non-hydrogen) atoms. The van der Waals surface area contributed by atoms with Crippen LogP contribution in [0.5, 0.6) is 0 Å². The average molecular weight is 489 g/mol. The normalized spacial score (nSPS) is 12.2. The summed E-state index contributed by atoms with van der Waals surface area (Å²) in [4.78, 5) is 39.4. The molecule has 0 aliphatic heterocycles. The van der Waals surface area contributed by atoms with E-state index in [1.807, 2.05) is 58.0 Å². The van der Waals surface area contributed by atoms with Gasteiger partial charge in [0.2, 0.25) is 0 Å². The van der Waals surface area contributed by atoms with Crippen molar-refractivity contribution < 1.29 is 39.5 Å². The number of carbonyl (C=O) groups is 1. The smallest absolute Gasteiger partial charge is 0.545 e. The van der Waals surface area contributed by atoms with Crippen molar-refractivity contribution in [2.75, 3.05) is 0 Å². The van der Waals surface area contributed by atoms with Gasteiger partial charge in [0.1, 0.15) is 4.83 Å². The van der Waals surface area contributed by atoms with Crippen LogP contribution in [0.3, 0.4) is 0 Å². The second kappa shape index (κ2) is 10.0. The molecule has 0 saturated heterocycles. The van der Waals surface area contributed by atoms with Crippen molar-refractivity contribution >= 4 is 27.5 Å². The van der Waals surface area contributed by atoms with Crippen LogP contribution in [0.25, 0.3) is 10.2 Å². The number of hydrogen-bond donors (Lipinski definition) is 1. The molecular weight excluding hydrogens is 463 g/mol. The Labute approximate surface area is 222 Å². The van der Waals surface area contributed by atoms with E-state index >= 15 is 0 Å². The quantitative estimate of drug-likeness (QED) is 0.361. The van der Waals surface area contributed by atoms with Gasteiger partial charge in [0, 0.05) is 41.2 Å². The van der Waals surface area contributed by atoms with E-state index in [4.69, 9.17) is 0 Å². The Balaban J connectivity index is 0.00000324. The number of H-pyrrole nitrogens is 1. The van der Waals surface area contributed by atoms with Crippen LogP contribution < -0.4 is 45.9 Å². The summed E-state index contributed by atoms with van der Waals surface area (Å²) in [5, 5.41) is 19.8. The second-order valence-electron chi connectivity index (χ2n) is 8.65. The third kappa shape index (κ3) is 4.33. The van der Waals surface area contributed by atoms with Gasteiger partial charge in [0.15, 0.2) is 0 Å². The van der Waals surface area contributed by atoms with Crippen molar-refractivity contribution in [1.82, 2.24) is 19.3 Å². The first kappa shape index (κ1) is 26.2. The number of rotatable bonds is 6. The van der Waals surface area contributed by atoms with E-state index in [9.17, 15) is 19.5 Å². The second-order valence-corrected chi connectivity index (χ2v) is 9.68. The Morgan fingerprint density at radius 2 is 1.82 bits per heavy atom.